The first kappa shape index (κ1) is 22.9. The highest BCUT2D eigenvalue weighted by Gasteiger charge is 2.54. The van der Waals surface area contributed by atoms with Gasteiger partial charge in [-0.3, -0.25) is 0 Å². The molecule has 1 heterocycles. The summed E-state index contributed by atoms with van der Waals surface area (Å²) in [5.74, 6) is 5.28. The molecule has 3 aromatic rings. The van der Waals surface area contributed by atoms with Crippen LogP contribution in [0.2, 0.25) is 0 Å². The van der Waals surface area contributed by atoms with Gasteiger partial charge in [0.05, 0.1) is 5.69 Å². The molecule has 3 aliphatic carbocycles. The summed E-state index contributed by atoms with van der Waals surface area (Å²) in [6.07, 6.45) is 9.98. The second-order valence-corrected chi connectivity index (χ2v) is 11.7. The van der Waals surface area contributed by atoms with Crippen molar-refractivity contribution in [3.63, 3.8) is 0 Å². The van der Waals surface area contributed by atoms with Crippen molar-refractivity contribution in [3.8, 4) is 5.75 Å². The van der Waals surface area contributed by atoms with E-state index in [-0.39, 0.29) is 0 Å². The molecule has 6 rings (SSSR count). The number of hydrogen-bond donors (Lipinski definition) is 0. The molecule has 3 heteroatoms. The maximum Gasteiger partial charge on any atom is 0.137 e. The van der Waals surface area contributed by atoms with E-state index in [1.165, 1.54) is 49.7 Å². The maximum atomic E-state index is 6.36. The first-order valence-corrected chi connectivity index (χ1v) is 13.8. The van der Waals surface area contributed by atoms with Gasteiger partial charge in [0.1, 0.15) is 18.1 Å². The van der Waals surface area contributed by atoms with Gasteiger partial charge in [-0.05, 0) is 109 Å². The van der Waals surface area contributed by atoms with Gasteiger partial charge in [0, 0.05) is 12.5 Å². The predicted molar refractivity (Wildman–Crippen MR) is 140 cm³/mol. The number of benzene rings is 2. The van der Waals surface area contributed by atoms with Crippen molar-refractivity contribution in [3.05, 3.63) is 82.2 Å². The van der Waals surface area contributed by atoms with Crippen LogP contribution in [0.1, 0.15) is 85.6 Å². The van der Waals surface area contributed by atoms with Gasteiger partial charge < -0.3 is 9.26 Å². The second kappa shape index (κ2) is 9.15. The average molecular weight is 470 g/mol. The fourth-order valence-electron chi connectivity index (χ4n) is 7.99. The molecule has 35 heavy (non-hydrogen) atoms. The lowest BCUT2D eigenvalue weighted by molar-refractivity contribution is 0.0267. The Balaban J connectivity index is 1.22. The molecule has 2 fully saturated rings. The van der Waals surface area contributed by atoms with Crippen LogP contribution in [-0.4, -0.2) is 5.16 Å². The third kappa shape index (κ3) is 4.11. The smallest absolute Gasteiger partial charge is 0.137 e. The lowest BCUT2D eigenvalue weighted by atomic mass is 9.54. The van der Waals surface area contributed by atoms with Gasteiger partial charge >= 0.3 is 0 Å². The molecule has 1 aromatic heterocycles. The Hall–Kier alpha value is -2.55. The van der Waals surface area contributed by atoms with E-state index in [0.29, 0.717) is 12.0 Å². The number of ether oxygens (including phenoxy) is 1. The number of fused-ring (bicyclic) bond motifs is 5. The van der Waals surface area contributed by atoms with Gasteiger partial charge in [0.15, 0.2) is 0 Å². The van der Waals surface area contributed by atoms with Crippen LogP contribution in [-0.2, 0) is 25.9 Å². The van der Waals surface area contributed by atoms with Gasteiger partial charge in [-0.2, -0.15) is 0 Å². The highest BCUT2D eigenvalue weighted by Crippen LogP contribution is 2.63. The zero-order chi connectivity index (χ0) is 24.0. The highest BCUT2D eigenvalue weighted by molar-refractivity contribution is 5.46. The number of aromatic nitrogens is 1. The molecule has 0 bridgehead atoms. The Kier molecular flexibility index (Phi) is 5.98. The predicted octanol–water partition coefficient (Wildman–Crippen LogP) is 7.84. The lowest BCUT2D eigenvalue weighted by Crippen LogP contribution is -2.42. The third-order valence-electron chi connectivity index (χ3n) is 9.84. The van der Waals surface area contributed by atoms with Crippen LogP contribution in [0.5, 0.6) is 5.75 Å². The molecule has 5 atom stereocenters. The van der Waals surface area contributed by atoms with E-state index in [2.05, 4.69) is 67.5 Å². The van der Waals surface area contributed by atoms with Crippen LogP contribution in [0.3, 0.4) is 0 Å². The summed E-state index contributed by atoms with van der Waals surface area (Å²) in [5.41, 5.74) is 7.23. The second-order valence-electron chi connectivity index (χ2n) is 11.7. The van der Waals surface area contributed by atoms with Crippen molar-refractivity contribution < 1.29 is 9.26 Å². The van der Waals surface area contributed by atoms with E-state index in [9.17, 15) is 0 Å². The van der Waals surface area contributed by atoms with Crippen molar-refractivity contribution in [1.82, 2.24) is 5.16 Å². The number of aryl methyl sites for hydroxylation is 3. The molecule has 3 aliphatic rings. The topological polar surface area (TPSA) is 35.3 Å². The SMILES string of the molecule is CCc1cc2c(cc1OCc1ccccc1)CC[C@@H]1[C@@H]2CC[C@]2(C)[C@@H](Cc3cc(C)no3)CC[C@@H]12. The molecule has 0 aliphatic heterocycles. The van der Waals surface area contributed by atoms with Crippen LogP contribution < -0.4 is 4.74 Å². The number of hydrogen-bond acceptors (Lipinski definition) is 3. The van der Waals surface area contributed by atoms with Crippen LogP contribution in [0.4, 0.5) is 0 Å². The molecule has 0 spiro atoms. The van der Waals surface area contributed by atoms with Crippen LogP contribution >= 0.6 is 0 Å². The lowest BCUT2D eigenvalue weighted by Gasteiger charge is -2.51. The van der Waals surface area contributed by atoms with Crippen LogP contribution in [0, 0.1) is 30.1 Å². The molecule has 0 saturated heterocycles. The molecule has 0 unspecified atom stereocenters. The van der Waals surface area contributed by atoms with Crippen molar-refractivity contribution in [2.45, 2.75) is 84.7 Å². The molecule has 184 valence electrons. The minimum atomic E-state index is 0.436. The van der Waals surface area contributed by atoms with E-state index >= 15 is 0 Å². The Morgan fingerprint density at radius 1 is 1.06 bits per heavy atom. The fourth-order valence-corrected chi connectivity index (χ4v) is 7.99. The summed E-state index contributed by atoms with van der Waals surface area (Å²) in [6.45, 7) is 7.54. The maximum absolute atomic E-state index is 6.36. The molecule has 2 saturated carbocycles. The van der Waals surface area contributed by atoms with Crippen LogP contribution in [0.15, 0.2) is 53.1 Å². The van der Waals surface area contributed by atoms with Crippen molar-refractivity contribution in [2.75, 3.05) is 0 Å². The van der Waals surface area contributed by atoms with E-state index < -0.39 is 0 Å². The van der Waals surface area contributed by atoms with E-state index in [1.54, 1.807) is 11.1 Å². The Labute approximate surface area is 210 Å². The average Bonchev–Trinajstić information content (AvgIpc) is 3.45. The van der Waals surface area contributed by atoms with Gasteiger partial charge in [-0.25, -0.2) is 0 Å². The van der Waals surface area contributed by atoms with Crippen molar-refractivity contribution in [2.24, 2.45) is 23.2 Å². The van der Waals surface area contributed by atoms with Gasteiger partial charge in [-0.1, -0.05) is 55.4 Å². The third-order valence-corrected chi connectivity index (χ3v) is 9.84. The molecule has 0 radical (unpaired) electrons. The first-order chi connectivity index (χ1) is 17.0. The summed E-state index contributed by atoms with van der Waals surface area (Å²) in [4.78, 5) is 0. The Morgan fingerprint density at radius 3 is 2.69 bits per heavy atom. The highest BCUT2D eigenvalue weighted by atomic mass is 16.5. The Morgan fingerprint density at radius 2 is 1.91 bits per heavy atom. The first-order valence-electron chi connectivity index (χ1n) is 13.8. The quantitative estimate of drug-likeness (QED) is 0.369. The summed E-state index contributed by atoms with van der Waals surface area (Å²) < 4.78 is 12.0. The summed E-state index contributed by atoms with van der Waals surface area (Å²) in [6, 6.07) is 17.6. The standard InChI is InChI=1S/C32H39NO2/c1-4-23-17-29-24(18-31(23)34-20-22-8-6-5-7-9-22)10-12-28-27(29)14-15-32(3)25(11-13-30(28)32)19-26-16-21(2)33-35-26/h5-9,16-18,25,27-28,30H,4,10-15,19-20H2,1-3H3/t25-,27+,28-,30+,32-/m1/s1. The zero-order valence-electron chi connectivity index (χ0n) is 21.6. The normalized spacial score (nSPS) is 29.3. The molecular weight excluding hydrogens is 430 g/mol. The molecule has 2 aromatic carbocycles. The van der Waals surface area contributed by atoms with Gasteiger partial charge in [0.2, 0.25) is 0 Å². The minimum absolute atomic E-state index is 0.436. The number of rotatable bonds is 6. The van der Waals surface area contributed by atoms with Gasteiger partial charge in [0.25, 0.3) is 0 Å². The molecule has 0 amide bonds. The van der Waals surface area contributed by atoms with Gasteiger partial charge in [-0.15, -0.1) is 0 Å². The summed E-state index contributed by atoms with van der Waals surface area (Å²) >= 11 is 0. The molecular formula is C32H39NO2. The fraction of sp³-hybridized carbons (Fsp3) is 0.531. The van der Waals surface area contributed by atoms with E-state index in [4.69, 9.17) is 9.26 Å². The van der Waals surface area contributed by atoms with E-state index in [1.807, 2.05) is 6.92 Å². The van der Waals surface area contributed by atoms with E-state index in [0.717, 1.165) is 53.7 Å². The van der Waals surface area contributed by atoms with Crippen molar-refractivity contribution in [1.29, 1.82) is 0 Å². The summed E-state index contributed by atoms with van der Waals surface area (Å²) in [7, 11) is 0. The molecule has 0 N–H and O–H groups in total. The largest absolute Gasteiger partial charge is 0.489 e. The zero-order valence-corrected chi connectivity index (χ0v) is 21.6. The van der Waals surface area contributed by atoms with Crippen molar-refractivity contribution >= 4 is 0 Å². The summed E-state index contributed by atoms with van der Waals surface area (Å²) in [5, 5.41) is 4.14. The van der Waals surface area contributed by atoms with Crippen LogP contribution in [0.25, 0.3) is 0 Å². The minimum Gasteiger partial charge on any atom is -0.489 e. The number of nitrogens with zero attached hydrogens (tertiary/aromatic N) is 1. The monoisotopic (exact) mass is 469 g/mol. The molecule has 3 nitrogen and oxygen atoms in total. The Bertz CT molecular complexity index is 1180.